The quantitative estimate of drug-likeness (QED) is 0.670. The molecule has 0 saturated carbocycles. The van der Waals surface area contributed by atoms with Gasteiger partial charge < -0.3 is 5.32 Å². The zero-order valence-corrected chi connectivity index (χ0v) is 11.9. The van der Waals surface area contributed by atoms with E-state index in [-0.39, 0.29) is 5.69 Å². The van der Waals surface area contributed by atoms with Gasteiger partial charge in [0.1, 0.15) is 0 Å². The van der Waals surface area contributed by atoms with Crippen LogP contribution in [0.25, 0.3) is 0 Å². The molecule has 100 valence electrons. The van der Waals surface area contributed by atoms with Crippen LogP contribution in [0.1, 0.15) is 5.56 Å². The van der Waals surface area contributed by atoms with E-state index in [4.69, 9.17) is 0 Å². The Morgan fingerprint density at radius 1 is 1.20 bits per heavy atom. The van der Waals surface area contributed by atoms with Crippen molar-refractivity contribution in [2.75, 3.05) is 11.9 Å². The normalized spacial score (nSPS) is 14.9. The number of halogens is 1. The molecule has 0 unspecified atom stereocenters. The van der Waals surface area contributed by atoms with Gasteiger partial charge in [0.15, 0.2) is 0 Å². The fourth-order valence-electron chi connectivity index (χ4n) is 2.08. The molecule has 1 aliphatic heterocycles. The van der Waals surface area contributed by atoms with Gasteiger partial charge in [-0.1, -0.05) is 15.9 Å². The van der Waals surface area contributed by atoms with Gasteiger partial charge in [0.2, 0.25) is 0 Å². The van der Waals surface area contributed by atoms with Gasteiger partial charge in [-0.15, -0.1) is 0 Å². The standard InChI is InChI=1S/C14H10BrN3O2/c15-9-1-3-10(4-2-9)17-14-8-16-13-6-5-11(18(19)20)7-12(13)14/h1-7,16H,8H2. The number of nitrogens with one attached hydrogen (secondary N) is 1. The smallest absolute Gasteiger partial charge is 0.270 e. The van der Waals surface area contributed by atoms with Gasteiger partial charge in [-0.3, -0.25) is 15.1 Å². The highest BCUT2D eigenvalue weighted by Gasteiger charge is 2.20. The lowest BCUT2D eigenvalue weighted by Crippen LogP contribution is -2.03. The van der Waals surface area contributed by atoms with Crippen LogP contribution >= 0.6 is 15.9 Å². The van der Waals surface area contributed by atoms with Crippen molar-refractivity contribution in [1.82, 2.24) is 0 Å². The molecule has 0 aromatic heterocycles. The molecule has 2 aromatic carbocycles. The van der Waals surface area contributed by atoms with Crippen LogP contribution in [-0.4, -0.2) is 17.2 Å². The molecule has 20 heavy (non-hydrogen) atoms. The van der Waals surface area contributed by atoms with Crippen molar-refractivity contribution in [1.29, 1.82) is 0 Å². The lowest BCUT2D eigenvalue weighted by molar-refractivity contribution is -0.384. The second kappa shape index (κ2) is 5.05. The molecule has 1 heterocycles. The third kappa shape index (κ3) is 2.42. The first kappa shape index (κ1) is 12.8. The summed E-state index contributed by atoms with van der Waals surface area (Å²) in [5, 5.41) is 14.0. The highest BCUT2D eigenvalue weighted by molar-refractivity contribution is 9.10. The Morgan fingerprint density at radius 2 is 1.95 bits per heavy atom. The van der Waals surface area contributed by atoms with Crippen molar-refractivity contribution >= 4 is 38.7 Å². The van der Waals surface area contributed by atoms with Crippen molar-refractivity contribution in [3.05, 3.63) is 62.6 Å². The first-order valence-electron chi connectivity index (χ1n) is 5.99. The Morgan fingerprint density at radius 3 is 2.65 bits per heavy atom. The summed E-state index contributed by atoms with van der Waals surface area (Å²) in [4.78, 5) is 15.0. The number of aliphatic imine (C=N–C) groups is 1. The summed E-state index contributed by atoms with van der Waals surface area (Å²) >= 11 is 3.37. The van der Waals surface area contributed by atoms with E-state index in [0.717, 1.165) is 27.1 Å². The lowest BCUT2D eigenvalue weighted by Gasteiger charge is -2.00. The van der Waals surface area contributed by atoms with E-state index in [1.165, 1.54) is 6.07 Å². The predicted molar refractivity (Wildman–Crippen MR) is 81.9 cm³/mol. The molecule has 0 bridgehead atoms. The van der Waals surface area contributed by atoms with Crippen LogP contribution in [0, 0.1) is 10.1 Å². The highest BCUT2D eigenvalue weighted by Crippen LogP contribution is 2.28. The molecule has 0 saturated heterocycles. The molecule has 6 heteroatoms. The van der Waals surface area contributed by atoms with E-state index in [9.17, 15) is 10.1 Å². The zero-order valence-electron chi connectivity index (χ0n) is 10.3. The Labute approximate surface area is 123 Å². The second-order valence-corrected chi connectivity index (χ2v) is 5.29. The molecular formula is C14H10BrN3O2. The summed E-state index contributed by atoms with van der Waals surface area (Å²) in [7, 11) is 0. The van der Waals surface area contributed by atoms with Crippen LogP contribution in [0.4, 0.5) is 17.1 Å². The maximum absolute atomic E-state index is 10.8. The van der Waals surface area contributed by atoms with Crippen LogP contribution in [0.3, 0.4) is 0 Å². The van der Waals surface area contributed by atoms with Crippen molar-refractivity contribution in [3.63, 3.8) is 0 Å². The van der Waals surface area contributed by atoms with Gasteiger partial charge in [0.05, 0.1) is 22.9 Å². The number of anilines is 1. The fraction of sp³-hybridized carbons (Fsp3) is 0.0714. The van der Waals surface area contributed by atoms with E-state index in [1.807, 2.05) is 24.3 Å². The number of hydrogen-bond acceptors (Lipinski definition) is 4. The number of non-ortho nitro benzene ring substituents is 1. The van der Waals surface area contributed by atoms with E-state index in [0.29, 0.717) is 6.54 Å². The Bertz CT molecular complexity index is 711. The molecule has 2 aromatic rings. The van der Waals surface area contributed by atoms with Crippen LogP contribution < -0.4 is 5.32 Å². The maximum Gasteiger partial charge on any atom is 0.270 e. The SMILES string of the molecule is O=[N+]([O-])c1ccc2c(c1)C(=Nc1ccc(Br)cc1)CN2. The number of benzene rings is 2. The molecule has 0 atom stereocenters. The van der Waals surface area contributed by atoms with Crippen LogP contribution in [0.15, 0.2) is 51.9 Å². The van der Waals surface area contributed by atoms with Gasteiger partial charge in [-0.2, -0.15) is 0 Å². The lowest BCUT2D eigenvalue weighted by atomic mass is 10.1. The number of nitrogens with zero attached hydrogens (tertiary/aromatic N) is 2. The Hall–Kier alpha value is -2.21. The van der Waals surface area contributed by atoms with E-state index < -0.39 is 4.92 Å². The summed E-state index contributed by atoms with van der Waals surface area (Å²) < 4.78 is 0.988. The van der Waals surface area contributed by atoms with E-state index >= 15 is 0 Å². The molecule has 0 aliphatic carbocycles. The monoisotopic (exact) mass is 331 g/mol. The molecule has 5 nitrogen and oxygen atoms in total. The summed E-state index contributed by atoms with van der Waals surface area (Å²) in [6.07, 6.45) is 0. The third-order valence-corrected chi connectivity index (χ3v) is 3.59. The van der Waals surface area contributed by atoms with Crippen LogP contribution in [0.5, 0.6) is 0 Å². The van der Waals surface area contributed by atoms with Gasteiger partial charge in [-0.25, -0.2) is 0 Å². The molecule has 0 amide bonds. The maximum atomic E-state index is 10.8. The van der Waals surface area contributed by atoms with Crippen molar-refractivity contribution in [2.45, 2.75) is 0 Å². The van der Waals surface area contributed by atoms with Gasteiger partial charge in [-0.05, 0) is 30.3 Å². The van der Waals surface area contributed by atoms with Gasteiger partial charge >= 0.3 is 0 Å². The zero-order chi connectivity index (χ0) is 14.1. The Balaban J connectivity index is 2.01. The average Bonchev–Trinajstić information content (AvgIpc) is 2.84. The van der Waals surface area contributed by atoms with E-state index in [1.54, 1.807) is 12.1 Å². The first-order chi connectivity index (χ1) is 9.63. The minimum Gasteiger partial charge on any atom is -0.379 e. The molecule has 0 spiro atoms. The molecule has 0 radical (unpaired) electrons. The van der Waals surface area contributed by atoms with Crippen molar-refractivity contribution in [2.24, 2.45) is 4.99 Å². The molecule has 1 aliphatic rings. The molecule has 1 N–H and O–H groups in total. The van der Waals surface area contributed by atoms with Crippen molar-refractivity contribution < 1.29 is 4.92 Å². The largest absolute Gasteiger partial charge is 0.379 e. The average molecular weight is 332 g/mol. The molecule has 3 rings (SSSR count). The number of hydrogen-bond donors (Lipinski definition) is 1. The minimum atomic E-state index is -0.393. The molecule has 0 fully saturated rings. The topological polar surface area (TPSA) is 67.5 Å². The van der Waals surface area contributed by atoms with Crippen LogP contribution in [-0.2, 0) is 0 Å². The van der Waals surface area contributed by atoms with E-state index in [2.05, 4.69) is 26.2 Å². The second-order valence-electron chi connectivity index (χ2n) is 4.38. The van der Waals surface area contributed by atoms with Crippen molar-refractivity contribution in [3.8, 4) is 0 Å². The molecular weight excluding hydrogens is 322 g/mol. The summed E-state index contributed by atoms with van der Waals surface area (Å²) in [5.74, 6) is 0. The van der Waals surface area contributed by atoms with Gasteiger partial charge in [0.25, 0.3) is 5.69 Å². The Kier molecular flexibility index (Phi) is 3.23. The summed E-state index contributed by atoms with van der Waals surface area (Å²) in [5.41, 5.74) is 3.39. The third-order valence-electron chi connectivity index (χ3n) is 3.06. The summed E-state index contributed by atoms with van der Waals surface area (Å²) in [6.45, 7) is 0.576. The summed E-state index contributed by atoms with van der Waals surface area (Å²) in [6, 6.07) is 12.4. The van der Waals surface area contributed by atoms with Crippen LogP contribution in [0.2, 0.25) is 0 Å². The first-order valence-corrected chi connectivity index (χ1v) is 6.78. The number of nitro benzene ring substituents is 1. The predicted octanol–water partition coefficient (Wildman–Crippen LogP) is 3.90. The fourth-order valence-corrected chi connectivity index (χ4v) is 2.35. The number of fused-ring (bicyclic) bond motifs is 1. The highest BCUT2D eigenvalue weighted by atomic mass is 79.9. The minimum absolute atomic E-state index is 0.0796. The van der Waals surface area contributed by atoms with Gasteiger partial charge in [0, 0.05) is 27.9 Å². The number of rotatable bonds is 2. The number of nitro groups is 1.